The van der Waals surface area contributed by atoms with Gasteiger partial charge >= 0.3 is 6.01 Å². The van der Waals surface area contributed by atoms with Crippen LogP contribution in [0, 0.1) is 23.6 Å². The highest BCUT2D eigenvalue weighted by Crippen LogP contribution is 2.40. The lowest BCUT2D eigenvalue weighted by Gasteiger charge is -2.39. The average Bonchev–Trinajstić information content (AvgIpc) is 3.29. The molecule has 1 N–H and O–H groups in total. The van der Waals surface area contributed by atoms with E-state index in [0.29, 0.717) is 47.9 Å². The maximum atomic E-state index is 13.6. The number of anilines is 2. The number of rotatable bonds is 8. The SMILES string of the molecule is COc1cc(N2CC3CCC(C2)C3Nc2nc(Oc3ccc(F)c(Cl)c3)n(CC(C)C)n2)ccn1. The second-order valence-electron chi connectivity index (χ2n) is 9.70. The summed E-state index contributed by atoms with van der Waals surface area (Å²) in [7, 11) is 1.64. The summed E-state index contributed by atoms with van der Waals surface area (Å²) in [6.45, 7) is 6.76. The lowest BCUT2D eigenvalue weighted by Crippen LogP contribution is -2.48. The Morgan fingerprint density at radius 3 is 2.63 bits per heavy atom. The summed E-state index contributed by atoms with van der Waals surface area (Å²) in [5.74, 6) is 2.41. The maximum Gasteiger partial charge on any atom is 0.322 e. The van der Waals surface area contributed by atoms with Crippen molar-refractivity contribution in [3.63, 3.8) is 0 Å². The second kappa shape index (κ2) is 9.89. The van der Waals surface area contributed by atoms with Crippen LogP contribution < -0.4 is 19.7 Å². The van der Waals surface area contributed by atoms with Gasteiger partial charge in [-0.2, -0.15) is 4.98 Å². The average molecular weight is 501 g/mol. The summed E-state index contributed by atoms with van der Waals surface area (Å²) in [5.41, 5.74) is 1.14. The number of aromatic nitrogens is 4. The maximum absolute atomic E-state index is 13.6. The zero-order valence-electron chi connectivity index (χ0n) is 20.1. The summed E-state index contributed by atoms with van der Waals surface area (Å²) in [5, 5.41) is 8.31. The van der Waals surface area contributed by atoms with Crippen molar-refractivity contribution >= 4 is 23.2 Å². The molecule has 1 saturated heterocycles. The molecule has 0 spiro atoms. The van der Waals surface area contributed by atoms with Crippen LogP contribution in [0.2, 0.25) is 5.02 Å². The first-order chi connectivity index (χ1) is 16.9. The monoisotopic (exact) mass is 500 g/mol. The minimum absolute atomic E-state index is 0.00549. The second-order valence-corrected chi connectivity index (χ2v) is 10.1. The number of nitrogens with one attached hydrogen (secondary N) is 1. The van der Waals surface area contributed by atoms with Gasteiger partial charge in [-0.15, -0.1) is 5.10 Å². The van der Waals surface area contributed by atoms with Crippen molar-refractivity contribution in [3.8, 4) is 17.6 Å². The fourth-order valence-corrected chi connectivity index (χ4v) is 5.27. The number of piperidine rings is 1. The van der Waals surface area contributed by atoms with Crippen LogP contribution in [0.3, 0.4) is 0 Å². The van der Waals surface area contributed by atoms with Crippen LogP contribution >= 0.6 is 11.6 Å². The van der Waals surface area contributed by atoms with Gasteiger partial charge in [-0.05, 0) is 48.8 Å². The summed E-state index contributed by atoms with van der Waals surface area (Å²) in [6.07, 6.45) is 4.11. The van der Waals surface area contributed by atoms with Crippen molar-refractivity contribution < 1.29 is 13.9 Å². The van der Waals surface area contributed by atoms with Crippen molar-refractivity contribution in [2.24, 2.45) is 17.8 Å². The summed E-state index contributed by atoms with van der Waals surface area (Å²) < 4.78 is 26.6. The third-order valence-corrected chi connectivity index (χ3v) is 6.99. The standard InChI is InChI=1S/C25H30ClFN6O2/c1-15(2)12-33-25(35-19-6-7-21(27)20(26)11-19)30-24(31-33)29-23-16-4-5-17(23)14-32(13-16)18-8-9-28-22(10-18)34-3/h6-11,15-17,23H,4-5,12-14H2,1-3H3,(H,29,31). The smallest absolute Gasteiger partial charge is 0.322 e. The number of methoxy groups -OCH3 is 1. The zero-order valence-corrected chi connectivity index (χ0v) is 20.9. The number of halogens is 2. The van der Waals surface area contributed by atoms with Gasteiger partial charge in [-0.1, -0.05) is 25.4 Å². The van der Waals surface area contributed by atoms with Gasteiger partial charge in [0.2, 0.25) is 11.8 Å². The van der Waals surface area contributed by atoms with Crippen molar-refractivity contribution in [1.29, 1.82) is 0 Å². The molecular weight excluding hydrogens is 471 g/mol. The molecule has 2 fully saturated rings. The molecule has 2 unspecified atom stereocenters. The lowest BCUT2D eigenvalue weighted by atomic mass is 9.92. The quantitative estimate of drug-likeness (QED) is 0.452. The molecule has 2 aliphatic rings. The molecule has 186 valence electrons. The van der Waals surface area contributed by atoms with E-state index in [4.69, 9.17) is 26.2 Å². The molecule has 3 aromatic rings. The van der Waals surface area contributed by atoms with Crippen LogP contribution in [0.5, 0.6) is 17.6 Å². The minimum Gasteiger partial charge on any atom is -0.481 e. The molecular formula is C25H30ClFN6O2. The van der Waals surface area contributed by atoms with E-state index in [2.05, 4.69) is 34.0 Å². The Bertz CT molecular complexity index is 1170. The molecule has 3 heterocycles. The number of hydrogen-bond donors (Lipinski definition) is 1. The highest BCUT2D eigenvalue weighted by molar-refractivity contribution is 6.30. The summed E-state index contributed by atoms with van der Waals surface area (Å²) in [4.78, 5) is 11.3. The van der Waals surface area contributed by atoms with Crippen LogP contribution in [0.4, 0.5) is 16.0 Å². The molecule has 1 saturated carbocycles. The predicted octanol–water partition coefficient (Wildman–Crippen LogP) is 5.25. The highest BCUT2D eigenvalue weighted by atomic mass is 35.5. The van der Waals surface area contributed by atoms with Gasteiger partial charge in [-0.25, -0.2) is 14.1 Å². The molecule has 0 radical (unpaired) electrons. The number of nitrogens with zero attached hydrogens (tertiary/aromatic N) is 5. The zero-order chi connectivity index (χ0) is 24.5. The molecule has 0 amide bonds. The third kappa shape index (κ3) is 5.15. The van der Waals surface area contributed by atoms with E-state index in [1.54, 1.807) is 18.0 Å². The van der Waals surface area contributed by atoms with Crippen LogP contribution in [-0.4, -0.2) is 46.0 Å². The van der Waals surface area contributed by atoms with Crippen molar-refractivity contribution in [1.82, 2.24) is 19.7 Å². The number of benzene rings is 1. The third-order valence-electron chi connectivity index (χ3n) is 6.70. The van der Waals surface area contributed by atoms with E-state index in [9.17, 15) is 4.39 Å². The predicted molar refractivity (Wildman–Crippen MR) is 133 cm³/mol. The van der Waals surface area contributed by atoms with E-state index in [1.807, 2.05) is 12.1 Å². The van der Waals surface area contributed by atoms with Gasteiger partial charge in [0.05, 0.1) is 12.1 Å². The Morgan fingerprint density at radius 2 is 1.94 bits per heavy atom. The lowest BCUT2D eigenvalue weighted by molar-refractivity contribution is 0.370. The normalized spacial score (nSPS) is 21.4. The van der Waals surface area contributed by atoms with Gasteiger partial charge in [0.15, 0.2) is 0 Å². The van der Waals surface area contributed by atoms with Crippen LogP contribution in [-0.2, 0) is 6.54 Å². The largest absolute Gasteiger partial charge is 0.481 e. The summed E-state index contributed by atoms with van der Waals surface area (Å²) in [6, 6.07) is 8.94. The van der Waals surface area contributed by atoms with E-state index in [1.165, 1.54) is 18.2 Å². The van der Waals surface area contributed by atoms with Gasteiger partial charge in [0, 0.05) is 49.7 Å². The molecule has 2 aromatic heterocycles. The van der Waals surface area contributed by atoms with E-state index in [-0.39, 0.29) is 11.1 Å². The number of ether oxygens (including phenoxy) is 2. The van der Waals surface area contributed by atoms with Gasteiger partial charge < -0.3 is 19.7 Å². The first-order valence-electron chi connectivity index (χ1n) is 12.0. The Labute approximate surface area is 209 Å². The highest BCUT2D eigenvalue weighted by Gasteiger charge is 2.42. The minimum atomic E-state index is -0.489. The molecule has 35 heavy (non-hydrogen) atoms. The molecule has 10 heteroatoms. The Hall–Kier alpha value is -3.07. The van der Waals surface area contributed by atoms with Gasteiger partial charge in [0.1, 0.15) is 11.6 Å². The van der Waals surface area contributed by atoms with E-state index in [0.717, 1.165) is 31.6 Å². The Kier molecular flexibility index (Phi) is 6.69. The molecule has 1 aromatic carbocycles. The molecule has 2 atom stereocenters. The van der Waals surface area contributed by atoms with E-state index < -0.39 is 5.82 Å². The van der Waals surface area contributed by atoms with Gasteiger partial charge in [-0.3, -0.25) is 0 Å². The van der Waals surface area contributed by atoms with Crippen LogP contribution in [0.25, 0.3) is 0 Å². The van der Waals surface area contributed by atoms with Crippen molar-refractivity contribution in [3.05, 3.63) is 47.4 Å². The van der Waals surface area contributed by atoms with Crippen LogP contribution in [0.15, 0.2) is 36.5 Å². The number of hydrogen-bond acceptors (Lipinski definition) is 7. The number of fused-ring (bicyclic) bond motifs is 2. The fraction of sp³-hybridized carbons (Fsp3) is 0.480. The topological polar surface area (TPSA) is 77.3 Å². The molecule has 2 bridgehead atoms. The molecule has 1 aliphatic carbocycles. The number of pyridine rings is 1. The Balaban J connectivity index is 1.32. The fourth-order valence-electron chi connectivity index (χ4n) is 5.10. The molecule has 1 aliphatic heterocycles. The Morgan fingerprint density at radius 1 is 1.17 bits per heavy atom. The van der Waals surface area contributed by atoms with Crippen molar-refractivity contribution in [2.75, 3.05) is 30.4 Å². The first-order valence-corrected chi connectivity index (χ1v) is 12.4. The van der Waals surface area contributed by atoms with Crippen molar-refractivity contribution in [2.45, 2.75) is 39.3 Å². The van der Waals surface area contributed by atoms with E-state index >= 15 is 0 Å². The summed E-state index contributed by atoms with van der Waals surface area (Å²) >= 11 is 5.93. The van der Waals surface area contributed by atoms with Crippen LogP contribution in [0.1, 0.15) is 26.7 Å². The first kappa shape index (κ1) is 23.7. The molecule has 5 rings (SSSR count). The molecule has 8 nitrogen and oxygen atoms in total. The van der Waals surface area contributed by atoms with Gasteiger partial charge in [0.25, 0.3) is 0 Å².